The van der Waals surface area contributed by atoms with Crippen LogP contribution in [0.15, 0.2) is 0 Å². The second kappa shape index (κ2) is 29.4. The van der Waals surface area contributed by atoms with Crippen LogP contribution in [0.5, 0.6) is 0 Å². The average Bonchev–Trinajstić information content (AvgIpc) is 2.91. The molecule has 2 N–H and O–H groups in total. The van der Waals surface area contributed by atoms with Gasteiger partial charge in [0.25, 0.3) is 0 Å². The minimum Gasteiger partial charge on any atom is -0.481 e. The van der Waals surface area contributed by atoms with E-state index in [2.05, 4.69) is 25.8 Å². The van der Waals surface area contributed by atoms with Crippen LogP contribution < -0.4 is 0 Å². The number of unbranched alkanes of at least 4 members (excludes halogenated alkanes) is 16. The zero-order valence-electron chi connectivity index (χ0n) is 26.8. The predicted octanol–water partition coefficient (Wildman–Crippen LogP) is 9.07. The van der Waals surface area contributed by atoms with Crippen LogP contribution in [0, 0.1) is 0 Å². The van der Waals surface area contributed by atoms with Crippen LogP contribution in [0.4, 0.5) is 0 Å². The van der Waals surface area contributed by atoms with Crippen molar-refractivity contribution in [2.45, 2.75) is 187 Å². The highest BCUT2D eigenvalue weighted by molar-refractivity contribution is 5.69. The number of esters is 1. The molecule has 40 heavy (non-hydrogen) atoms. The van der Waals surface area contributed by atoms with E-state index in [-0.39, 0.29) is 24.6 Å². The van der Waals surface area contributed by atoms with Crippen LogP contribution in [0.2, 0.25) is 0 Å². The first-order valence-corrected chi connectivity index (χ1v) is 17.2. The molecule has 0 aliphatic heterocycles. The summed E-state index contributed by atoms with van der Waals surface area (Å²) >= 11 is 0. The first kappa shape index (κ1) is 38.9. The second-order valence-electron chi connectivity index (χ2n) is 12.2. The van der Waals surface area contributed by atoms with Gasteiger partial charge >= 0.3 is 11.9 Å². The Morgan fingerprint density at radius 1 is 0.625 bits per heavy atom. The van der Waals surface area contributed by atoms with E-state index in [1.807, 2.05) is 0 Å². The Morgan fingerprint density at radius 3 is 1.65 bits per heavy atom. The first-order valence-electron chi connectivity index (χ1n) is 17.2. The Bertz CT molecular complexity index is 555. The van der Waals surface area contributed by atoms with E-state index in [0.29, 0.717) is 13.0 Å². The van der Waals surface area contributed by atoms with Gasteiger partial charge in [-0.25, -0.2) is 0 Å². The third-order valence-electron chi connectivity index (χ3n) is 7.93. The topological polar surface area (TPSA) is 87.1 Å². The van der Waals surface area contributed by atoms with Gasteiger partial charge in [-0.05, 0) is 65.0 Å². The van der Waals surface area contributed by atoms with E-state index in [1.54, 1.807) is 0 Å². The van der Waals surface area contributed by atoms with Gasteiger partial charge in [0.15, 0.2) is 0 Å². The van der Waals surface area contributed by atoms with Gasteiger partial charge < -0.3 is 19.8 Å². The normalized spacial score (nSPS) is 12.3. The summed E-state index contributed by atoms with van der Waals surface area (Å²) < 4.78 is 5.94. The van der Waals surface area contributed by atoms with E-state index in [1.165, 1.54) is 64.2 Å². The van der Waals surface area contributed by atoms with Crippen molar-refractivity contribution in [3.63, 3.8) is 0 Å². The lowest BCUT2D eigenvalue weighted by molar-refractivity contribution is -0.150. The number of ether oxygens (including phenoxy) is 1. The molecule has 0 saturated carbocycles. The lowest BCUT2D eigenvalue weighted by Crippen LogP contribution is -2.29. The third-order valence-corrected chi connectivity index (χ3v) is 7.93. The van der Waals surface area contributed by atoms with Crippen molar-refractivity contribution < 1.29 is 24.5 Å². The van der Waals surface area contributed by atoms with Crippen molar-refractivity contribution in [3.05, 3.63) is 0 Å². The number of aliphatic carboxylic acids is 1. The molecule has 1 unspecified atom stereocenters. The minimum absolute atomic E-state index is 0.0368. The molecule has 6 heteroatoms. The number of nitrogens with zero attached hydrogens (tertiary/aromatic N) is 1. The molecule has 6 nitrogen and oxygen atoms in total. The van der Waals surface area contributed by atoms with Gasteiger partial charge in [0.1, 0.15) is 6.10 Å². The Morgan fingerprint density at radius 2 is 1.07 bits per heavy atom. The quantitative estimate of drug-likeness (QED) is 0.0639. The summed E-state index contributed by atoms with van der Waals surface area (Å²) in [7, 11) is 2.05. The highest BCUT2D eigenvalue weighted by Crippen LogP contribution is 2.18. The van der Waals surface area contributed by atoms with Crippen molar-refractivity contribution in [2.24, 2.45) is 0 Å². The Kier molecular flexibility index (Phi) is 28.5. The summed E-state index contributed by atoms with van der Waals surface area (Å²) in [4.78, 5) is 25.3. The van der Waals surface area contributed by atoms with Gasteiger partial charge in [-0.2, -0.15) is 0 Å². The van der Waals surface area contributed by atoms with Crippen LogP contribution in [-0.2, 0) is 14.3 Å². The van der Waals surface area contributed by atoms with Gasteiger partial charge in [0.05, 0.1) is 6.10 Å². The maximum absolute atomic E-state index is 12.6. The van der Waals surface area contributed by atoms with Gasteiger partial charge in [-0.3, -0.25) is 9.59 Å². The van der Waals surface area contributed by atoms with E-state index in [9.17, 15) is 14.7 Å². The van der Waals surface area contributed by atoms with Crippen LogP contribution in [0.25, 0.3) is 0 Å². The van der Waals surface area contributed by atoms with E-state index in [4.69, 9.17) is 9.84 Å². The predicted molar refractivity (Wildman–Crippen MR) is 168 cm³/mol. The molecule has 0 aromatic heterocycles. The fraction of sp³-hybridized carbons (Fsp3) is 0.941. The number of hydrogen-bond acceptors (Lipinski definition) is 5. The highest BCUT2D eigenvalue weighted by atomic mass is 16.5. The van der Waals surface area contributed by atoms with Crippen LogP contribution >= 0.6 is 0 Å². The number of aliphatic hydroxyl groups excluding tert-OH is 1. The summed E-state index contributed by atoms with van der Waals surface area (Å²) in [6.07, 6.45) is 26.3. The summed E-state index contributed by atoms with van der Waals surface area (Å²) in [5.41, 5.74) is 0. The third kappa shape index (κ3) is 28.4. The molecule has 0 saturated heterocycles. The zero-order chi connectivity index (χ0) is 29.7. The van der Waals surface area contributed by atoms with E-state index >= 15 is 0 Å². The smallest absolute Gasteiger partial charge is 0.306 e. The average molecular weight is 570 g/mol. The standard InChI is InChI=1S/C34H67NO5/c1-4-6-8-10-13-19-25-32(26-20-14-11-9-7-5-2)40-34(39)28-22-17-18-24-31(36)30-35(3)29-23-16-12-15-21-27-33(37)38/h31-32,36H,4-30H2,1-3H3,(H,37,38). The second-order valence-corrected chi connectivity index (χ2v) is 12.2. The molecule has 1 atom stereocenters. The Balaban J connectivity index is 4.00. The van der Waals surface area contributed by atoms with Gasteiger partial charge in [-0.1, -0.05) is 110 Å². The molecule has 0 aromatic rings. The van der Waals surface area contributed by atoms with Crippen LogP contribution in [0.1, 0.15) is 174 Å². The lowest BCUT2D eigenvalue weighted by Gasteiger charge is -2.20. The summed E-state index contributed by atoms with van der Waals surface area (Å²) in [5.74, 6) is -0.745. The molecule has 0 aliphatic rings. The zero-order valence-corrected chi connectivity index (χ0v) is 26.8. The number of carboxylic acids is 1. The number of likely N-dealkylation sites (N-methyl/N-ethyl adjacent to an activating group) is 1. The molecule has 0 aromatic carbocycles. The molecule has 0 spiro atoms. The fourth-order valence-corrected chi connectivity index (χ4v) is 5.37. The molecule has 0 rings (SSSR count). The molecule has 0 aliphatic carbocycles. The number of rotatable bonds is 31. The van der Waals surface area contributed by atoms with Crippen molar-refractivity contribution in [3.8, 4) is 0 Å². The maximum Gasteiger partial charge on any atom is 0.306 e. The van der Waals surface area contributed by atoms with Crippen molar-refractivity contribution in [2.75, 3.05) is 20.1 Å². The maximum atomic E-state index is 12.6. The molecule has 0 bridgehead atoms. The SMILES string of the molecule is CCCCCCCCC(CCCCCCCC)OC(=O)CCCCCC(O)CN(C)CCCCCCCC(=O)O. The Hall–Kier alpha value is -1.14. The summed E-state index contributed by atoms with van der Waals surface area (Å²) in [6, 6.07) is 0. The molecule has 0 fully saturated rings. The minimum atomic E-state index is -0.708. The van der Waals surface area contributed by atoms with Crippen molar-refractivity contribution >= 4 is 11.9 Å². The number of carboxylic acid groups (broad SMARTS) is 1. The number of aliphatic hydroxyl groups is 1. The molecular weight excluding hydrogens is 502 g/mol. The number of carbonyl (C=O) groups excluding carboxylic acids is 1. The summed E-state index contributed by atoms with van der Waals surface area (Å²) in [5, 5.41) is 19.1. The lowest BCUT2D eigenvalue weighted by atomic mass is 10.0. The summed E-state index contributed by atoms with van der Waals surface area (Å²) in [6.45, 7) is 6.13. The van der Waals surface area contributed by atoms with E-state index in [0.717, 1.165) is 90.0 Å². The molecule has 0 amide bonds. The van der Waals surface area contributed by atoms with E-state index < -0.39 is 5.97 Å². The molecule has 238 valence electrons. The van der Waals surface area contributed by atoms with Crippen molar-refractivity contribution in [1.29, 1.82) is 0 Å². The molecule has 0 radical (unpaired) electrons. The van der Waals surface area contributed by atoms with Gasteiger partial charge in [0.2, 0.25) is 0 Å². The largest absolute Gasteiger partial charge is 0.481 e. The molecular formula is C34H67NO5. The molecule has 0 heterocycles. The monoisotopic (exact) mass is 570 g/mol. The van der Waals surface area contributed by atoms with Crippen molar-refractivity contribution in [1.82, 2.24) is 4.90 Å². The Labute approximate surface area is 248 Å². The van der Waals surface area contributed by atoms with Crippen LogP contribution in [0.3, 0.4) is 0 Å². The number of carbonyl (C=O) groups is 2. The van der Waals surface area contributed by atoms with Gasteiger partial charge in [-0.15, -0.1) is 0 Å². The highest BCUT2D eigenvalue weighted by Gasteiger charge is 2.15. The number of hydrogen-bond donors (Lipinski definition) is 2. The van der Waals surface area contributed by atoms with Crippen LogP contribution in [-0.4, -0.2) is 59.4 Å². The first-order chi connectivity index (χ1) is 19.4. The van der Waals surface area contributed by atoms with Gasteiger partial charge in [0, 0.05) is 19.4 Å². The fourth-order valence-electron chi connectivity index (χ4n) is 5.37.